The molecule has 0 spiro atoms. The van der Waals surface area contributed by atoms with Crippen molar-refractivity contribution >= 4 is 5.91 Å². The molecule has 0 unspecified atom stereocenters. The van der Waals surface area contributed by atoms with Crippen LogP contribution in [0, 0.1) is 0 Å². The van der Waals surface area contributed by atoms with Gasteiger partial charge in [0.15, 0.2) is 0 Å². The van der Waals surface area contributed by atoms with Crippen molar-refractivity contribution in [1.82, 2.24) is 5.32 Å². The maximum absolute atomic E-state index is 12.0. The van der Waals surface area contributed by atoms with E-state index in [4.69, 9.17) is 0 Å². The zero-order valence-electron chi connectivity index (χ0n) is 12.5. The molecular formula is C18H23NO. The highest BCUT2D eigenvalue weighted by Gasteiger charge is 2.03. The minimum absolute atomic E-state index is 0.00692. The first kappa shape index (κ1) is 16.0. The van der Waals surface area contributed by atoms with Crippen LogP contribution in [0.25, 0.3) is 0 Å². The van der Waals surface area contributed by atoms with E-state index in [0.29, 0.717) is 6.42 Å². The summed E-state index contributed by atoms with van der Waals surface area (Å²) in [6.07, 6.45) is 9.36. The molecule has 1 N–H and O–H groups in total. The minimum atomic E-state index is 0.00692. The molecule has 2 heteroatoms. The molecule has 0 aromatic heterocycles. The molecule has 0 fully saturated rings. The monoisotopic (exact) mass is 269 g/mol. The Bertz CT molecular complexity index is 509. The van der Waals surface area contributed by atoms with E-state index in [-0.39, 0.29) is 5.91 Å². The summed E-state index contributed by atoms with van der Waals surface area (Å²) in [5, 5.41) is 2.93. The molecule has 0 atom stereocenters. The lowest BCUT2D eigenvalue weighted by molar-refractivity contribution is -0.119. The van der Waals surface area contributed by atoms with E-state index in [1.165, 1.54) is 5.57 Å². The second kappa shape index (κ2) is 8.92. The molecule has 0 saturated heterocycles. The molecule has 0 aliphatic heterocycles. The summed E-state index contributed by atoms with van der Waals surface area (Å²) in [5.74, 6) is 0.00692. The Labute approximate surface area is 121 Å². The lowest BCUT2D eigenvalue weighted by Crippen LogP contribution is -2.23. The highest BCUT2D eigenvalue weighted by molar-refractivity contribution is 5.80. The van der Waals surface area contributed by atoms with Crippen LogP contribution in [0.1, 0.15) is 32.8 Å². The lowest BCUT2D eigenvalue weighted by Gasteiger charge is -2.06. The van der Waals surface area contributed by atoms with Crippen LogP contribution in [0.3, 0.4) is 0 Å². The Hall–Kier alpha value is -2.09. The van der Waals surface area contributed by atoms with Crippen LogP contribution in [-0.4, -0.2) is 5.91 Å². The van der Waals surface area contributed by atoms with Gasteiger partial charge in [-0.15, -0.1) is 0 Å². The van der Waals surface area contributed by atoms with Gasteiger partial charge in [0.2, 0.25) is 5.91 Å². The molecular weight excluding hydrogens is 246 g/mol. The summed E-state index contributed by atoms with van der Waals surface area (Å²) in [6.45, 7) is 6.05. The van der Waals surface area contributed by atoms with E-state index in [2.05, 4.69) is 18.3 Å². The van der Waals surface area contributed by atoms with Gasteiger partial charge in [0, 0.05) is 5.70 Å². The highest BCUT2D eigenvalue weighted by atomic mass is 16.1. The van der Waals surface area contributed by atoms with Crippen molar-refractivity contribution in [2.24, 2.45) is 0 Å². The van der Waals surface area contributed by atoms with E-state index in [1.54, 1.807) is 0 Å². The Balaban J connectivity index is 2.59. The van der Waals surface area contributed by atoms with Crippen molar-refractivity contribution in [3.63, 3.8) is 0 Å². The molecule has 1 amide bonds. The normalized spacial score (nSPS) is 12.8. The van der Waals surface area contributed by atoms with Crippen LogP contribution in [-0.2, 0) is 11.2 Å². The second-order valence-electron chi connectivity index (χ2n) is 4.51. The van der Waals surface area contributed by atoms with Crippen molar-refractivity contribution in [2.75, 3.05) is 0 Å². The van der Waals surface area contributed by atoms with Crippen molar-refractivity contribution in [3.8, 4) is 0 Å². The van der Waals surface area contributed by atoms with E-state index < -0.39 is 0 Å². The van der Waals surface area contributed by atoms with Crippen LogP contribution in [0.15, 0.2) is 65.9 Å². The number of nitrogens with one attached hydrogen (secondary N) is 1. The fourth-order valence-corrected chi connectivity index (χ4v) is 1.81. The first-order chi connectivity index (χ1) is 9.69. The van der Waals surface area contributed by atoms with Gasteiger partial charge >= 0.3 is 0 Å². The quantitative estimate of drug-likeness (QED) is 0.772. The van der Waals surface area contributed by atoms with Gasteiger partial charge in [-0.1, -0.05) is 61.1 Å². The number of benzene rings is 1. The topological polar surface area (TPSA) is 29.1 Å². The van der Waals surface area contributed by atoms with Crippen LogP contribution < -0.4 is 5.32 Å². The molecule has 20 heavy (non-hydrogen) atoms. The van der Waals surface area contributed by atoms with Gasteiger partial charge in [0.1, 0.15) is 0 Å². The lowest BCUT2D eigenvalue weighted by atomic mass is 10.1. The molecule has 106 valence electrons. The largest absolute Gasteiger partial charge is 0.326 e. The first-order valence-electron chi connectivity index (χ1n) is 7.03. The third kappa shape index (κ3) is 5.70. The summed E-state index contributed by atoms with van der Waals surface area (Å²) in [4.78, 5) is 12.0. The predicted molar refractivity (Wildman–Crippen MR) is 85.2 cm³/mol. The molecule has 0 radical (unpaired) electrons. The van der Waals surface area contributed by atoms with Gasteiger partial charge in [-0.25, -0.2) is 0 Å². The maximum atomic E-state index is 12.0. The van der Waals surface area contributed by atoms with Gasteiger partial charge < -0.3 is 5.32 Å². The summed E-state index contributed by atoms with van der Waals surface area (Å²) in [5.41, 5.74) is 3.10. The molecule has 0 saturated carbocycles. The number of hydrogen-bond acceptors (Lipinski definition) is 1. The van der Waals surface area contributed by atoms with Gasteiger partial charge in [0.05, 0.1) is 6.42 Å². The Morgan fingerprint density at radius 3 is 2.35 bits per heavy atom. The van der Waals surface area contributed by atoms with Gasteiger partial charge in [0.25, 0.3) is 0 Å². The summed E-state index contributed by atoms with van der Waals surface area (Å²) in [7, 11) is 0. The molecule has 1 rings (SSSR count). The first-order valence-corrected chi connectivity index (χ1v) is 7.03. The standard InChI is InChI=1S/C18H23NO/c1-4-15(5-2)12-13-17(6-3)19-18(20)14-16-10-8-7-9-11-16/h4,6-13H,5,14H2,1-3H3,(H,19,20)/b13-12-,15-4-,17-6+. The molecule has 0 aliphatic rings. The molecule has 2 nitrogen and oxygen atoms in total. The number of amides is 1. The van der Waals surface area contributed by atoms with Gasteiger partial charge in [-0.05, 0) is 31.9 Å². The van der Waals surface area contributed by atoms with Crippen LogP contribution in [0.2, 0.25) is 0 Å². The van der Waals surface area contributed by atoms with Crippen LogP contribution in [0.5, 0.6) is 0 Å². The highest BCUT2D eigenvalue weighted by Crippen LogP contribution is 2.05. The number of carbonyl (C=O) groups is 1. The molecule has 1 aromatic rings. The third-order valence-electron chi connectivity index (χ3n) is 3.06. The van der Waals surface area contributed by atoms with Gasteiger partial charge in [-0.3, -0.25) is 4.79 Å². The summed E-state index contributed by atoms with van der Waals surface area (Å²) >= 11 is 0. The fourth-order valence-electron chi connectivity index (χ4n) is 1.81. The van der Waals surface area contributed by atoms with Crippen molar-refractivity contribution in [1.29, 1.82) is 0 Å². The summed E-state index contributed by atoms with van der Waals surface area (Å²) in [6, 6.07) is 9.75. The van der Waals surface area contributed by atoms with Crippen molar-refractivity contribution in [2.45, 2.75) is 33.6 Å². The molecule has 0 aliphatic carbocycles. The fraction of sp³-hybridized carbons (Fsp3) is 0.278. The summed E-state index contributed by atoms with van der Waals surface area (Å²) < 4.78 is 0. The average Bonchev–Trinajstić information content (AvgIpc) is 2.48. The third-order valence-corrected chi connectivity index (χ3v) is 3.06. The van der Waals surface area contributed by atoms with Crippen molar-refractivity contribution < 1.29 is 4.79 Å². The zero-order chi connectivity index (χ0) is 14.8. The zero-order valence-corrected chi connectivity index (χ0v) is 12.5. The van der Waals surface area contributed by atoms with E-state index in [9.17, 15) is 4.79 Å². The number of allylic oxidation sites excluding steroid dienone is 5. The number of carbonyl (C=O) groups excluding carboxylic acids is 1. The van der Waals surface area contributed by atoms with E-state index in [1.807, 2.05) is 62.4 Å². The minimum Gasteiger partial charge on any atom is -0.326 e. The number of rotatable bonds is 6. The van der Waals surface area contributed by atoms with E-state index >= 15 is 0 Å². The van der Waals surface area contributed by atoms with Gasteiger partial charge in [-0.2, -0.15) is 0 Å². The smallest absolute Gasteiger partial charge is 0.228 e. The Morgan fingerprint density at radius 1 is 1.10 bits per heavy atom. The number of hydrogen-bond donors (Lipinski definition) is 1. The second-order valence-corrected chi connectivity index (χ2v) is 4.51. The van der Waals surface area contributed by atoms with Crippen LogP contribution >= 0.6 is 0 Å². The van der Waals surface area contributed by atoms with Crippen molar-refractivity contribution in [3.05, 3.63) is 71.5 Å². The van der Waals surface area contributed by atoms with E-state index in [0.717, 1.165) is 17.7 Å². The molecule has 0 bridgehead atoms. The molecule has 0 heterocycles. The Morgan fingerprint density at radius 2 is 1.80 bits per heavy atom. The Kier molecular flexibility index (Phi) is 7.12. The predicted octanol–water partition coefficient (Wildman–Crippen LogP) is 4.16. The average molecular weight is 269 g/mol. The maximum Gasteiger partial charge on any atom is 0.228 e. The SMILES string of the molecule is C\C=C(/C=C\C(=C/C)NC(=O)Cc1ccccc1)CC. The molecule has 1 aromatic carbocycles. The van der Waals surface area contributed by atoms with Crippen LogP contribution in [0.4, 0.5) is 0 Å².